The number of ketones is 1. The summed E-state index contributed by atoms with van der Waals surface area (Å²) in [6, 6.07) is 14.5. The van der Waals surface area contributed by atoms with Gasteiger partial charge in [-0.15, -0.1) is 0 Å². The summed E-state index contributed by atoms with van der Waals surface area (Å²) in [5.41, 5.74) is 1.21. The number of thiazole rings is 1. The lowest BCUT2D eigenvalue weighted by atomic mass is 9.95. The Kier molecular flexibility index (Phi) is 5.53. The molecule has 6 rings (SSSR count). The van der Waals surface area contributed by atoms with Gasteiger partial charge in [0.05, 0.1) is 28.9 Å². The van der Waals surface area contributed by atoms with Gasteiger partial charge in [-0.05, 0) is 54.1 Å². The van der Waals surface area contributed by atoms with Gasteiger partial charge in [0.2, 0.25) is 0 Å². The van der Waals surface area contributed by atoms with Crippen LogP contribution in [-0.2, 0) is 9.59 Å². The molecule has 0 aliphatic carbocycles. The second-order valence-corrected chi connectivity index (χ2v) is 9.42. The summed E-state index contributed by atoms with van der Waals surface area (Å²) in [6.07, 6.45) is 0. The molecule has 10 heteroatoms. The number of benzene rings is 3. The van der Waals surface area contributed by atoms with Crippen molar-refractivity contribution in [3.8, 4) is 17.2 Å². The molecule has 2 aliphatic heterocycles. The molecule has 2 aliphatic rings. The molecule has 1 saturated heterocycles. The van der Waals surface area contributed by atoms with E-state index in [2.05, 4.69) is 4.98 Å². The number of halogens is 1. The molecule has 1 fully saturated rings. The van der Waals surface area contributed by atoms with Gasteiger partial charge in [-0.25, -0.2) is 9.37 Å². The molecule has 186 valence electrons. The summed E-state index contributed by atoms with van der Waals surface area (Å²) < 4.78 is 31.0. The van der Waals surface area contributed by atoms with E-state index in [1.807, 2.05) is 0 Å². The van der Waals surface area contributed by atoms with E-state index in [1.165, 1.54) is 40.5 Å². The molecule has 1 atom stereocenters. The van der Waals surface area contributed by atoms with Gasteiger partial charge in [0.1, 0.15) is 30.5 Å². The fourth-order valence-electron chi connectivity index (χ4n) is 4.46. The van der Waals surface area contributed by atoms with Crippen molar-refractivity contribution in [1.82, 2.24) is 4.98 Å². The summed E-state index contributed by atoms with van der Waals surface area (Å²) in [5.74, 6) is -1.02. The van der Waals surface area contributed by atoms with Crippen molar-refractivity contribution >= 4 is 44.1 Å². The molecule has 0 radical (unpaired) electrons. The number of carbonyl (C=O) groups is 2. The Hall–Kier alpha value is -4.44. The van der Waals surface area contributed by atoms with Crippen LogP contribution in [0.15, 0.2) is 66.2 Å². The molecule has 8 nitrogen and oxygen atoms in total. The van der Waals surface area contributed by atoms with Crippen LogP contribution in [0, 0.1) is 5.82 Å². The van der Waals surface area contributed by atoms with E-state index in [9.17, 15) is 19.1 Å². The molecule has 1 N–H and O–H groups in total. The van der Waals surface area contributed by atoms with Gasteiger partial charge >= 0.3 is 5.91 Å². The average molecular weight is 519 g/mol. The standard InChI is InChI=1S/C27H19FN2O6S/c1-34-17-7-8-18-21(13-17)37-27(29-18)30-23(14-2-5-16(28)6-3-14)22(25(32)26(30)33)24(31)15-4-9-19-20(12-15)36-11-10-35-19/h2-9,12-13,23,31H,10-11H2,1H3/b24-22-. The third-order valence-electron chi connectivity index (χ3n) is 6.24. The van der Waals surface area contributed by atoms with E-state index < -0.39 is 23.5 Å². The van der Waals surface area contributed by atoms with Crippen LogP contribution in [0.4, 0.5) is 9.52 Å². The Labute approximate surface area is 214 Å². The molecule has 37 heavy (non-hydrogen) atoms. The predicted octanol–water partition coefficient (Wildman–Crippen LogP) is 4.84. The number of carbonyl (C=O) groups excluding carboxylic acids is 2. The van der Waals surface area contributed by atoms with E-state index >= 15 is 0 Å². The quantitative estimate of drug-likeness (QED) is 0.235. The maximum atomic E-state index is 13.8. The van der Waals surface area contributed by atoms with E-state index in [1.54, 1.807) is 43.5 Å². The number of aliphatic hydroxyl groups excluding tert-OH is 1. The fraction of sp³-hybridized carbons (Fsp3) is 0.148. The van der Waals surface area contributed by atoms with E-state index in [-0.39, 0.29) is 22.0 Å². The van der Waals surface area contributed by atoms with Gasteiger partial charge in [0.15, 0.2) is 16.6 Å². The smallest absolute Gasteiger partial charge is 0.301 e. The van der Waals surface area contributed by atoms with Crippen molar-refractivity contribution in [3.05, 3.63) is 83.2 Å². The van der Waals surface area contributed by atoms with Gasteiger partial charge in [0.25, 0.3) is 5.78 Å². The number of Topliss-reactive ketones (excluding diaryl/α,β-unsaturated/α-hetero) is 1. The number of ether oxygens (including phenoxy) is 3. The van der Waals surface area contributed by atoms with E-state index in [4.69, 9.17) is 14.2 Å². The van der Waals surface area contributed by atoms with Crippen LogP contribution in [0.25, 0.3) is 16.0 Å². The van der Waals surface area contributed by atoms with Crippen LogP contribution in [0.2, 0.25) is 0 Å². The molecule has 0 saturated carbocycles. The molecule has 3 heterocycles. The lowest BCUT2D eigenvalue weighted by Gasteiger charge is -2.23. The van der Waals surface area contributed by atoms with Gasteiger partial charge in [-0.3, -0.25) is 14.5 Å². The van der Waals surface area contributed by atoms with E-state index in [0.717, 1.165) is 4.70 Å². The normalized spacial score (nSPS) is 18.4. The highest BCUT2D eigenvalue weighted by molar-refractivity contribution is 7.22. The second kappa shape index (κ2) is 8.90. The largest absolute Gasteiger partial charge is 0.507 e. The fourth-order valence-corrected chi connectivity index (χ4v) is 5.48. The zero-order chi connectivity index (χ0) is 25.7. The number of nitrogens with zero attached hydrogens (tertiary/aromatic N) is 2. The highest BCUT2D eigenvalue weighted by atomic mass is 32.1. The summed E-state index contributed by atoms with van der Waals surface area (Å²) in [4.78, 5) is 32.6. The molecule has 1 aromatic heterocycles. The van der Waals surface area contributed by atoms with Crippen molar-refractivity contribution in [2.45, 2.75) is 6.04 Å². The van der Waals surface area contributed by atoms with Crippen LogP contribution in [-0.4, -0.2) is 42.1 Å². The van der Waals surface area contributed by atoms with Crippen LogP contribution >= 0.6 is 11.3 Å². The number of anilines is 1. The molecular formula is C27H19FN2O6S. The van der Waals surface area contributed by atoms with Gasteiger partial charge in [0, 0.05) is 5.56 Å². The predicted molar refractivity (Wildman–Crippen MR) is 135 cm³/mol. The molecule has 0 spiro atoms. The summed E-state index contributed by atoms with van der Waals surface area (Å²) >= 11 is 1.21. The third kappa shape index (κ3) is 3.86. The average Bonchev–Trinajstić information content (AvgIpc) is 3.46. The molecule has 1 unspecified atom stereocenters. The Morgan fingerprint density at radius 1 is 1.05 bits per heavy atom. The van der Waals surface area contributed by atoms with Crippen molar-refractivity contribution in [2.75, 3.05) is 25.2 Å². The van der Waals surface area contributed by atoms with Crippen LogP contribution in [0.3, 0.4) is 0 Å². The van der Waals surface area contributed by atoms with Gasteiger partial charge in [-0.1, -0.05) is 23.5 Å². The Balaban J connectivity index is 1.52. The molecule has 0 bridgehead atoms. The minimum Gasteiger partial charge on any atom is -0.507 e. The number of aliphatic hydroxyl groups is 1. The Morgan fingerprint density at radius 3 is 2.57 bits per heavy atom. The number of fused-ring (bicyclic) bond motifs is 2. The first-order valence-electron chi connectivity index (χ1n) is 11.4. The maximum Gasteiger partial charge on any atom is 0.301 e. The number of methoxy groups -OCH3 is 1. The molecular weight excluding hydrogens is 499 g/mol. The first kappa shape index (κ1) is 23.0. The van der Waals surface area contributed by atoms with Gasteiger partial charge in [-0.2, -0.15) is 0 Å². The van der Waals surface area contributed by atoms with Gasteiger partial charge < -0.3 is 19.3 Å². The number of hydrogen-bond donors (Lipinski definition) is 1. The van der Waals surface area contributed by atoms with Crippen molar-refractivity contribution in [2.24, 2.45) is 0 Å². The number of hydrogen-bond acceptors (Lipinski definition) is 8. The minimum absolute atomic E-state index is 0.134. The maximum absolute atomic E-state index is 13.8. The van der Waals surface area contributed by atoms with Crippen molar-refractivity contribution < 1.29 is 33.3 Å². The zero-order valence-corrected chi connectivity index (χ0v) is 20.3. The number of amides is 1. The van der Waals surface area contributed by atoms with Crippen LogP contribution in [0.5, 0.6) is 17.2 Å². The second-order valence-electron chi connectivity index (χ2n) is 8.41. The summed E-state index contributed by atoms with van der Waals surface area (Å²) in [5, 5.41) is 11.6. The molecule has 3 aromatic carbocycles. The highest BCUT2D eigenvalue weighted by Crippen LogP contribution is 2.45. The lowest BCUT2D eigenvalue weighted by Crippen LogP contribution is -2.29. The van der Waals surface area contributed by atoms with Crippen LogP contribution in [0.1, 0.15) is 17.2 Å². The first-order chi connectivity index (χ1) is 17.9. The van der Waals surface area contributed by atoms with Crippen molar-refractivity contribution in [1.29, 1.82) is 0 Å². The van der Waals surface area contributed by atoms with Crippen LogP contribution < -0.4 is 19.1 Å². The Morgan fingerprint density at radius 2 is 1.81 bits per heavy atom. The number of rotatable bonds is 4. The van der Waals surface area contributed by atoms with Crippen molar-refractivity contribution in [3.63, 3.8) is 0 Å². The SMILES string of the molecule is COc1ccc2nc(N3C(=O)C(=O)/C(=C(\O)c4ccc5c(c4)OCCO5)C3c3ccc(F)cc3)sc2c1. The highest BCUT2D eigenvalue weighted by Gasteiger charge is 2.48. The summed E-state index contributed by atoms with van der Waals surface area (Å²) in [7, 11) is 1.55. The topological polar surface area (TPSA) is 98.2 Å². The third-order valence-corrected chi connectivity index (χ3v) is 7.25. The molecule has 1 amide bonds. The van der Waals surface area contributed by atoms with E-state index in [0.29, 0.717) is 41.5 Å². The zero-order valence-electron chi connectivity index (χ0n) is 19.4. The monoisotopic (exact) mass is 518 g/mol. The molecule has 4 aromatic rings. The lowest BCUT2D eigenvalue weighted by molar-refractivity contribution is -0.132. The number of aromatic nitrogens is 1. The summed E-state index contributed by atoms with van der Waals surface area (Å²) in [6.45, 7) is 0.752. The minimum atomic E-state index is -1.03. The first-order valence-corrected chi connectivity index (χ1v) is 12.2. The Bertz CT molecular complexity index is 1600.